The van der Waals surface area contributed by atoms with E-state index in [-0.39, 0.29) is 5.82 Å². The average Bonchev–Trinajstić information content (AvgIpc) is 3.12. The van der Waals surface area contributed by atoms with Gasteiger partial charge in [-0.1, -0.05) is 0 Å². The van der Waals surface area contributed by atoms with E-state index >= 15 is 0 Å². The molecule has 4 heterocycles. The Bertz CT molecular complexity index is 723. The van der Waals surface area contributed by atoms with Crippen LogP contribution in [0.5, 0.6) is 0 Å². The van der Waals surface area contributed by atoms with Crippen molar-refractivity contribution < 1.29 is 4.39 Å². The van der Waals surface area contributed by atoms with Crippen molar-refractivity contribution in [1.82, 2.24) is 19.9 Å². The fourth-order valence-electron chi connectivity index (χ4n) is 3.56. The number of hydrogen-bond donors (Lipinski definition) is 0. The number of aryl methyl sites for hydroxylation is 1. The van der Waals surface area contributed by atoms with Gasteiger partial charge in [-0.25, -0.2) is 14.4 Å². The van der Waals surface area contributed by atoms with Crippen molar-refractivity contribution in [2.45, 2.75) is 32.0 Å². The fraction of sp³-hybridized carbons (Fsp3) is 0.438. The maximum Gasteiger partial charge on any atom is 0.186 e. The standard InChI is InChI=1S/C16H17BrFN5/c1-10-15(18)16(21-9-20-10)23-8-13-4-14(23)7-22(13)6-12-3-2-11(17)5-19-12/h2-3,5,9,13-14H,4,6-8H2,1H3. The smallest absolute Gasteiger partial charge is 0.186 e. The fourth-order valence-corrected chi connectivity index (χ4v) is 3.79. The first kappa shape index (κ1) is 15.0. The highest BCUT2D eigenvalue weighted by Crippen LogP contribution is 2.35. The molecule has 2 aliphatic rings. The molecule has 2 aromatic heterocycles. The second kappa shape index (κ2) is 5.79. The van der Waals surface area contributed by atoms with Crippen LogP contribution in [0.1, 0.15) is 17.8 Å². The van der Waals surface area contributed by atoms with E-state index in [0.29, 0.717) is 23.6 Å². The van der Waals surface area contributed by atoms with Gasteiger partial charge in [0.1, 0.15) is 6.33 Å². The number of nitrogens with zero attached hydrogens (tertiary/aromatic N) is 5. The normalized spacial score (nSPS) is 23.7. The van der Waals surface area contributed by atoms with E-state index in [9.17, 15) is 4.39 Å². The Hall–Kier alpha value is -1.60. The van der Waals surface area contributed by atoms with E-state index in [2.05, 4.69) is 40.7 Å². The molecule has 120 valence electrons. The van der Waals surface area contributed by atoms with Gasteiger partial charge in [0.25, 0.3) is 0 Å². The van der Waals surface area contributed by atoms with Crippen LogP contribution >= 0.6 is 15.9 Å². The molecule has 2 unspecified atom stereocenters. The molecule has 7 heteroatoms. The Labute approximate surface area is 142 Å². The summed E-state index contributed by atoms with van der Waals surface area (Å²) in [6, 6.07) is 4.81. The molecule has 2 saturated heterocycles. The van der Waals surface area contributed by atoms with Gasteiger partial charge in [0, 0.05) is 42.4 Å². The number of rotatable bonds is 3. The first-order chi connectivity index (χ1) is 11.1. The summed E-state index contributed by atoms with van der Waals surface area (Å²) in [5, 5.41) is 0. The summed E-state index contributed by atoms with van der Waals surface area (Å²) in [7, 11) is 0. The van der Waals surface area contributed by atoms with Crippen molar-refractivity contribution in [2.24, 2.45) is 0 Å². The van der Waals surface area contributed by atoms with Crippen LogP contribution in [0.25, 0.3) is 0 Å². The highest BCUT2D eigenvalue weighted by atomic mass is 79.9. The minimum Gasteiger partial charge on any atom is -0.348 e. The SMILES string of the molecule is Cc1ncnc(N2CC3CC2CN3Cc2ccc(Br)cn2)c1F. The Kier molecular flexibility index (Phi) is 3.77. The minimum absolute atomic E-state index is 0.291. The van der Waals surface area contributed by atoms with Gasteiger partial charge in [-0.2, -0.15) is 0 Å². The molecule has 23 heavy (non-hydrogen) atoms. The van der Waals surface area contributed by atoms with E-state index in [4.69, 9.17) is 0 Å². The maximum absolute atomic E-state index is 14.3. The number of piperazine rings is 1. The van der Waals surface area contributed by atoms with Crippen molar-refractivity contribution in [3.8, 4) is 0 Å². The zero-order chi connectivity index (χ0) is 16.0. The highest BCUT2D eigenvalue weighted by molar-refractivity contribution is 9.10. The van der Waals surface area contributed by atoms with Crippen molar-refractivity contribution in [3.05, 3.63) is 46.3 Å². The van der Waals surface area contributed by atoms with Crippen LogP contribution in [0.4, 0.5) is 10.2 Å². The molecule has 0 amide bonds. The molecule has 2 bridgehead atoms. The largest absolute Gasteiger partial charge is 0.348 e. The molecule has 0 spiro atoms. The molecule has 2 aliphatic heterocycles. The van der Waals surface area contributed by atoms with Crippen LogP contribution in [0.2, 0.25) is 0 Å². The van der Waals surface area contributed by atoms with Crippen LogP contribution in [0.15, 0.2) is 29.1 Å². The summed E-state index contributed by atoms with van der Waals surface area (Å²) >= 11 is 3.41. The van der Waals surface area contributed by atoms with E-state index < -0.39 is 0 Å². The van der Waals surface area contributed by atoms with Crippen molar-refractivity contribution in [2.75, 3.05) is 18.0 Å². The van der Waals surface area contributed by atoms with E-state index in [1.807, 2.05) is 18.3 Å². The number of hydrogen-bond acceptors (Lipinski definition) is 5. The predicted molar refractivity (Wildman–Crippen MR) is 88.6 cm³/mol. The zero-order valence-corrected chi connectivity index (χ0v) is 14.4. The van der Waals surface area contributed by atoms with Crippen molar-refractivity contribution >= 4 is 21.7 Å². The lowest BCUT2D eigenvalue weighted by atomic mass is 10.2. The minimum atomic E-state index is -0.291. The third-order valence-corrected chi connectivity index (χ3v) is 5.19. The number of pyridine rings is 1. The number of anilines is 1. The molecule has 0 aromatic carbocycles. The lowest BCUT2D eigenvalue weighted by molar-refractivity contribution is 0.227. The topological polar surface area (TPSA) is 45.2 Å². The molecule has 0 aliphatic carbocycles. The molecule has 2 atom stereocenters. The molecule has 5 nitrogen and oxygen atoms in total. The van der Waals surface area contributed by atoms with Crippen LogP contribution in [0.3, 0.4) is 0 Å². The lowest BCUT2D eigenvalue weighted by Crippen LogP contribution is -2.46. The monoisotopic (exact) mass is 377 g/mol. The van der Waals surface area contributed by atoms with Gasteiger partial charge in [0.15, 0.2) is 11.6 Å². The van der Waals surface area contributed by atoms with Crippen molar-refractivity contribution in [3.63, 3.8) is 0 Å². The summed E-state index contributed by atoms with van der Waals surface area (Å²) < 4.78 is 15.3. The van der Waals surface area contributed by atoms with Gasteiger partial charge in [-0.15, -0.1) is 0 Å². The highest BCUT2D eigenvalue weighted by Gasteiger charge is 2.44. The van der Waals surface area contributed by atoms with Crippen LogP contribution in [-0.4, -0.2) is 45.0 Å². The van der Waals surface area contributed by atoms with E-state index in [0.717, 1.165) is 36.2 Å². The number of fused-ring (bicyclic) bond motifs is 2. The van der Waals surface area contributed by atoms with Crippen LogP contribution < -0.4 is 4.90 Å². The summed E-state index contributed by atoms with van der Waals surface area (Å²) in [6.07, 6.45) is 4.33. The molecular formula is C16H17BrFN5. The second-order valence-corrected chi connectivity index (χ2v) is 7.11. The lowest BCUT2D eigenvalue weighted by Gasteiger charge is -2.34. The maximum atomic E-state index is 14.3. The Morgan fingerprint density at radius 3 is 2.78 bits per heavy atom. The molecule has 2 aromatic rings. The van der Waals surface area contributed by atoms with Gasteiger partial charge < -0.3 is 4.90 Å². The second-order valence-electron chi connectivity index (χ2n) is 6.19. The number of aromatic nitrogens is 3. The van der Waals surface area contributed by atoms with Gasteiger partial charge in [-0.3, -0.25) is 9.88 Å². The third-order valence-electron chi connectivity index (χ3n) is 4.73. The van der Waals surface area contributed by atoms with Crippen LogP contribution in [0, 0.1) is 12.7 Å². The molecule has 4 rings (SSSR count). The Morgan fingerprint density at radius 1 is 1.22 bits per heavy atom. The molecule has 0 N–H and O–H groups in total. The molecule has 0 saturated carbocycles. The van der Waals surface area contributed by atoms with Gasteiger partial charge >= 0.3 is 0 Å². The average molecular weight is 378 g/mol. The van der Waals surface area contributed by atoms with E-state index in [1.54, 1.807) is 6.92 Å². The zero-order valence-electron chi connectivity index (χ0n) is 12.8. The Balaban J connectivity index is 1.47. The van der Waals surface area contributed by atoms with Crippen LogP contribution in [-0.2, 0) is 6.54 Å². The summed E-state index contributed by atoms with van der Waals surface area (Å²) in [6.45, 7) is 4.26. The summed E-state index contributed by atoms with van der Waals surface area (Å²) in [5.41, 5.74) is 1.48. The first-order valence-corrected chi connectivity index (χ1v) is 8.49. The summed E-state index contributed by atoms with van der Waals surface area (Å²) in [5.74, 6) is 0.160. The third kappa shape index (κ3) is 2.72. The van der Waals surface area contributed by atoms with E-state index in [1.165, 1.54) is 6.33 Å². The predicted octanol–water partition coefficient (Wildman–Crippen LogP) is 2.54. The quantitative estimate of drug-likeness (QED) is 0.822. The Morgan fingerprint density at radius 2 is 2.09 bits per heavy atom. The summed E-state index contributed by atoms with van der Waals surface area (Å²) in [4.78, 5) is 17.1. The molecule has 0 radical (unpaired) electrons. The molecule has 2 fully saturated rings. The molecular weight excluding hydrogens is 361 g/mol. The van der Waals surface area contributed by atoms with Crippen molar-refractivity contribution in [1.29, 1.82) is 0 Å². The first-order valence-electron chi connectivity index (χ1n) is 7.70. The number of halogens is 2. The van der Waals surface area contributed by atoms with Gasteiger partial charge in [0.2, 0.25) is 0 Å². The number of likely N-dealkylation sites (tertiary alicyclic amines) is 1. The van der Waals surface area contributed by atoms with Gasteiger partial charge in [-0.05, 0) is 41.4 Å². The van der Waals surface area contributed by atoms with Gasteiger partial charge in [0.05, 0.1) is 11.4 Å².